The minimum absolute atomic E-state index is 0.280. The smallest absolute Gasteiger partial charge is 0.129 e. The quantitative estimate of drug-likeness (QED) is 0.421. The van der Waals surface area contributed by atoms with Crippen molar-refractivity contribution >= 4 is 5.78 Å². The first-order valence-corrected chi connectivity index (χ1v) is 3.61. The molecule has 0 heterocycles. The molecule has 0 spiro atoms. The van der Waals surface area contributed by atoms with E-state index in [9.17, 15) is 4.79 Å². The summed E-state index contributed by atoms with van der Waals surface area (Å²) in [4.78, 5) is 10.4. The van der Waals surface area contributed by atoms with Gasteiger partial charge in [0.1, 0.15) is 5.78 Å². The van der Waals surface area contributed by atoms with Crippen LogP contribution in [-0.2, 0) is 4.79 Å². The maximum Gasteiger partial charge on any atom is 0.129 e. The molecule has 0 aromatic heterocycles. The van der Waals surface area contributed by atoms with Crippen molar-refractivity contribution < 1.29 is 4.79 Å². The molecule has 1 nitrogen and oxygen atoms in total. The Hall–Kier alpha value is -0.810. The van der Waals surface area contributed by atoms with Crippen LogP contribution in [0.1, 0.15) is 32.6 Å². The average Bonchev–Trinajstić information content (AvgIpc) is 1.87. The Balaban J connectivity index is 3.05. The number of Topliss-reactive ketones (excluding diaryl/α,β-unsaturated/α-hetero) is 1. The Morgan fingerprint density at radius 1 is 1.60 bits per heavy atom. The fourth-order valence-corrected chi connectivity index (χ4v) is 0.722. The molecule has 1 heteroatoms. The highest BCUT2D eigenvalue weighted by Crippen LogP contribution is 2.00. The zero-order chi connectivity index (χ0) is 7.82. The van der Waals surface area contributed by atoms with Gasteiger partial charge in [-0.3, -0.25) is 0 Å². The highest BCUT2D eigenvalue weighted by molar-refractivity contribution is 5.75. The summed E-state index contributed by atoms with van der Waals surface area (Å²) in [5.41, 5.74) is 2.70. The maximum absolute atomic E-state index is 10.4. The molecule has 0 N–H and O–H groups in total. The first-order valence-electron chi connectivity index (χ1n) is 3.61. The van der Waals surface area contributed by atoms with E-state index < -0.39 is 0 Å². The molecule has 0 atom stereocenters. The van der Waals surface area contributed by atoms with Crippen molar-refractivity contribution in [1.82, 2.24) is 0 Å². The molecule has 0 saturated heterocycles. The van der Waals surface area contributed by atoms with Crippen molar-refractivity contribution in [2.24, 2.45) is 0 Å². The fraction of sp³-hybridized carbons (Fsp3) is 0.556. The van der Waals surface area contributed by atoms with Crippen LogP contribution in [-0.4, -0.2) is 5.78 Å². The first-order chi connectivity index (χ1) is 4.77. The first kappa shape index (κ1) is 9.19. The highest BCUT2D eigenvalue weighted by atomic mass is 16.1. The molecule has 0 aromatic rings. The van der Waals surface area contributed by atoms with Crippen molar-refractivity contribution in [2.75, 3.05) is 0 Å². The number of carbonyl (C=O) groups is 1. The number of hydrogen-bond donors (Lipinski definition) is 0. The maximum atomic E-state index is 10.4. The minimum Gasteiger partial charge on any atom is -0.300 e. The second kappa shape index (κ2) is 6.31. The van der Waals surface area contributed by atoms with Crippen LogP contribution in [0.25, 0.3) is 0 Å². The van der Waals surface area contributed by atoms with Gasteiger partial charge in [0, 0.05) is 6.42 Å². The summed E-state index contributed by atoms with van der Waals surface area (Å²) in [5.74, 6) is 0.280. The van der Waals surface area contributed by atoms with Crippen LogP contribution in [0.15, 0.2) is 18.4 Å². The standard InChI is InChI=1S/C9H14O/c1-3-4-5-6-7-8-9(2)10/h4H,1,5-8H2,2H3. The van der Waals surface area contributed by atoms with Crippen molar-refractivity contribution in [3.05, 3.63) is 18.4 Å². The minimum atomic E-state index is 0.280. The molecule has 0 radical (unpaired) electrons. The third-order valence-electron chi connectivity index (χ3n) is 1.27. The van der Waals surface area contributed by atoms with Crippen LogP contribution < -0.4 is 0 Å². The lowest BCUT2D eigenvalue weighted by molar-refractivity contribution is -0.117. The number of allylic oxidation sites excluding steroid dienone is 1. The molecule has 0 rings (SSSR count). The van der Waals surface area contributed by atoms with Crippen LogP contribution in [0.4, 0.5) is 0 Å². The third-order valence-corrected chi connectivity index (χ3v) is 1.27. The Kier molecular flexibility index (Phi) is 5.80. The van der Waals surface area contributed by atoms with Crippen molar-refractivity contribution in [3.63, 3.8) is 0 Å². The molecule has 56 valence electrons. The molecule has 0 aliphatic heterocycles. The summed E-state index contributed by atoms with van der Waals surface area (Å²) in [6.45, 7) is 5.07. The number of hydrogen-bond acceptors (Lipinski definition) is 1. The lowest BCUT2D eigenvalue weighted by Gasteiger charge is -1.91. The van der Waals surface area contributed by atoms with Crippen LogP contribution in [0.3, 0.4) is 0 Å². The number of unbranched alkanes of at least 4 members (excludes halogenated alkanes) is 2. The lowest BCUT2D eigenvalue weighted by Crippen LogP contribution is -1.87. The van der Waals surface area contributed by atoms with Crippen LogP contribution in [0, 0.1) is 0 Å². The van der Waals surface area contributed by atoms with Crippen molar-refractivity contribution in [1.29, 1.82) is 0 Å². The van der Waals surface area contributed by atoms with Gasteiger partial charge in [0.2, 0.25) is 0 Å². The van der Waals surface area contributed by atoms with Crippen LogP contribution in [0.2, 0.25) is 0 Å². The molecule has 10 heavy (non-hydrogen) atoms. The molecule has 0 aliphatic rings. The van der Waals surface area contributed by atoms with E-state index in [2.05, 4.69) is 12.3 Å². The van der Waals surface area contributed by atoms with E-state index in [1.807, 2.05) is 6.08 Å². The van der Waals surface area contributed by atoms with Gasteiger partial charge in [-0.2, -0.15) is 0 Å². The molecule has 0 fully saturated rings. The monoisotopic (exact) mass is 138 g/mol. The second-order valence-electron chi connectivity index (χ2n) is 2.36. The molecular weight excluding hydrogens is 124 g/mol. The fourth-order valence-electron chi connectivity index (χ4n) is 0.722. The normalized spacial score (nSPS) is 8.50. The SMILES string of the molecule is C=C=CCCCCC(C)=O. The Morgan fingerprint density at radius 3 is 2.80 bits per heavy atom. The van der Waals surface area contributed by atoms with E-state index in [1.165, 1.54) is 0 Å². The molecule has 0 unspecified atom stereocenters. The van der Waals surface area contributed by atoms with E-state index in [0.717, 1.165) is 19.3 Å². The van der Waals surface area contributed by atoms with Crippen molar-refractivity contribution in [3.8, 4) is 0 Å². The van der Waals surface area contributed by atoms with Gasteiger partial charge in [-0.25, -0.2) is 0 Å². The molecule has 0 saturated carbocycles. The van der Waals surface area contributed by atoms with E-state index in [4.69, 9.17) is 0 Å². The molecule has 0 aliphatic carbocycles. The third kappa shape index (κ3) is 7.19. The summed E-state index contributed by atoms with van der Waals surface area (Å²) < 4.78 is 0. The number of carbonyl (C=O) groups excluding carboxylic acids is 1. The van der Waals surface area contributed by atoms with Gasteiger partial charge in [-0.15, -0.1) is 5.73 Å². The van der Waals surface area contributed by atoms with Gasteiger partial charge in [0.25, 0.3) is 0 Å². The zero-order valence-electron chi connectivity index (χ0n) is 6.52. The van der Waals surface area contributed by atoms with E-state index in [1.54, 1.807) is 6.92 Å². The van der Waals surface area contributed by atoms with Crippen molar-refractivity contribution in [2.45, 2.75) is 32.6 Å². The predicted octanol–water partition coefficient (Wildman–Crippen LogP) is 2.48. The van der Waals surface area contributed by atoms with Gasteiger partial charge in [-0.05, 0) is 32.3 Å². The molecule has 0 amide bonds. The summed E-state index contributed by atoms with van der Waals surface area (Å²) in [5, 5.41) is 0. The summed E-state index contributed by atoms with van der Waals surface area (Å²) in [6.07, 6.45) is 5.68. The zero-order valence-corrected chi connectivity index (χ0v) is 6.52. The van der Waals surface area contributed by atoms with Gasteiger partial charge >= 0.3 is 0 Å². The van der Waals surface area contributed by atoms with E-state index in [0.29, 0.717) is 6.42 Å². The Labute approximate surface area is 62.4 Å². The topological polar surface area (TPSA) is 17.1 Å². The van der Waals surface area contributed by atoms with E-state index in [-0.39, 0.29) is 5.78 Å². The predicted molar refractivity (Wildman–Crippen MR) is 42.9 cm³/mol. The van der Waals surface area contributed by atoms with Crippen LogP contribution >= 0.6 is 0 Å². The average molecular weight is 138 g/mol. The van der Waals surface area contributed by atoms with Crippen LogP contribution in [0.5, 0.6) is 0 Å². The summed E-state index contributed by atoms with van der Waals surface area (Å²) in [6, 6.07) is 0. The highest BCUT2D eigenvalue weighted by Gasteiger charge is 1.90. The van der Waals surface area contributed by atoms with Gasteiger partial charge in [-0.1, -0.05) is 6.58 Å². The molecular formula is C9H14O. The van der Waals surface area contributed by atoms with Gasteiger partial charge in [0.05, 0.1) is 0 Å². The Morgan fingerprint density at radius 2 is 2.30 bits per heavy atom. The summed E-state index contributed by atoms with van der Waals surface area (Å²) >= 11 is 0. The number of ketones is 1. The van der Waals surface area contributed by atoms with Gasteiger partial charge in [0.15, 0.2) is 0 Å². The summed E-state index contributed by atoms with van der Waals surface area (Å²) in [7, 11) is 0. The second-order valence-corrected chi connectivity index (χ2v) is 2.36. The van der Waals surface area contributed by atoms with E-state index >= 15 is 0 Å². The number of rotatable bonds is 5. The molecule has 0 aromatic carbocycles. The Bertz CT molecular complexity index is 137. The largest absolute Gasteiger partial charge is 0.300 e. The molecule has 0 bridgehead atoms. The lowest BCUT2D eigenvalue weighted by atomic mass is 10.1. The van der Waals surface area contributed by atoms with Gasteiger partial charge < -0.3 is 4.79 Å².